The molecule has 0 radical (unpaired) electrons. The van der Waals surface area contributed by atoms with Crippen molar-refractivity contribution < 1.29 is 9.53 Å². The number of likely N-dealkylation sites (N-methyl/N-ethyl adjacent to an activating group) is 1. The van der Waals surface area contributed by atoms with Crippen LogP contribution in [0.1, 0.15) is 21.5 Å². The quantitative estimate of drug-likeness (QED) is 0.417. The Morgan fingerprint density at radius 2 is 2.00 bits per heavy atom. The molecule has 0 bridgehead atoms. The van der Waals surface area contributed by atoms with Crippen molar-refractivity contribution in [3.8, 4) is 28.1 Å². The number of rotatable bonds is 7. The fraction of sp³-hybridized carbons (Fsp3) is 0.321. The van der Waals surface area contributed by atoms with E-state index in [-0.39, 0.29) is 5.91 Å². The van der Waals surface area contributed by atoms with Crippen LogP contribution < -0.4 is 10.1 Å². The number of fused-ring (bicyclic) bond motifs is 2. The predicted molar refractivity (Wildman–Crippen MR) is 142 cm³/mol. The van der Waals surface area contributed by atoms with E-state index in [1.54, 1.807) is 26.1 Å². The molecule has 0 aliphatic carbocycles. The second kappa shape index (κ2) is 10.1. The number of hydrogen-bond donors (Lipinski definition) is 2. The van der Waals surface area contributed by atoms with Crippen LogP contribution in [-0.4, -0.2) is 78.5 Å². The van der Waals surface area contributed by atoms with Crippen LogP contribution >= 0.6 is 0 Å². The molecule has 0 fully saturated rings. The van der Waals surface area contributed by atoms with E-state index < -0.39 is 0 Å². The van der Waals surface area contributed by atoms with E-state index in [2.05, 4.69) is 32.3 Å². The zero-order chi connectivity index (χ0) is 25.2. The van der Waals surface area contributed by atoms with Crippen LogP contribution in [0.3, 0.4) is 0 Å². The van der Waals surface area contributed by atoms with Gasteiger partial charge in [0, 0.05) is 68.7 Å². The number of benzene rings is 2. The standard InChI is InChI=1S/C28H32N6O2/c1-29-10-12-34-11-9-20-13-21(14-25(36-4)23(20)17-34)24-16-31-27-26(32-24)22(15-30-27)18-5-7-19(8-6-18)28(35)33(2)3/h5-8,13-16,29H,9-12,17H2,1-4H3,(H,30,31). The maximum absolute atomic E-state index is 12.3. The summed E-state index contributed by atoms with van der Waals surface area (Å²) < 4.78 is 5.81. The molecule has 0 unspecified atom stereocenters. The van der Waals surface area contributed by atoms with Gasteiger partial charge in [0.25, 0.3) is 5.91 Å². The highest BCUT2D eigenvalue weighted by Crippen LogP contribution is 2.35. The van der Waals surface area contributed by atoms with E-state index in [0.29, 0.717) is 5.56 Å². The van der Waals surface area contributed by atoms with Crippen molar-refractivity contribution in [2.24, 2.45) is 0 Å². The lowest BCUT2D eigenvalue weighted by molar-refractivity contribution is 0.0827. The van der Waals surface area contributed by atoms with Gasteiger partial charge in [-0.1, -0.05) is 12.1 Å². The molecule has 2 N–H and O–H groups in total. The summed E-state index contributed by atoms with van der Waals surface area (Å²) in [7, 11) is 7.22. The van der Waals surface area contributed by atoms with E-state index in [0.717, 1.165) is 71.9 Å². The summed E-state index contributed by atoms with van der Waals surface area (Å²) in [4.78, 5) is 29.2. The third-order valence-corrected chi connectivity index (χ3v) is 6.80. The summed E-state index contributed by atoms with van der Waals surface area (Å²) in [5, 5.41) is 3.23. The molecule has 8 nitrogen and oxygen atoms in total. The molecule has 3 heterocycles. The lowest BCUT2D eigenvalue weighted by Gasteiger charge is -2.30. The number of H-pyrrole nitrogens is 1. The molecule has 1 amide bonds. The molecular weight excluding hydrogens is 452 g/mol. The molecule has 8 heteroatoms. The first kappa shape index (κ1) is 24.0. The average molecular weight is 485 g/mol. The smallest absolute Gasteiger partial charge is 0.253 e. The van der Waals surface area contributed by atoms with E-state index in [4.69, 9.17) is 9.72 Å². The van der Waals surface area contributed by atoms with Crippen LogP contribution in [-0.2, 0) is 13.0 Å². The van der Waals surface area contributed by atoms with Gasteiger partial charge in [-0.05, 0) is 48.9 Å². The maximum atomic E-state index is 12.3. The monoisotopic (exact) mass is 484 g/mol. The van der Waals surface area contributed by atoms with Crippen LogP contribution in [0.25, 0.3) is 33.5 Å². The van der Waals surface area contributed by atoms with Gasteiger partial charge in [0.1, 0.15) is 11.3 Å². The molecule has 1 aliphatic rings. The number of nitrogens with one attached hydrogen (secondary N) is 2. The van der Waals surface area contributed by atoms with Crippen molar-refractivity contribution in [3.63, 3.8) is 0 Å². The molecule has 186 valence electrons. The second-order valence-corrected chi connectivity index (χ2v) is 9.38. The highest BCUT2D eigenvalue weighted by molar-refractivity contribution is 5.96. The summed E-state index contributed by atoms with van der Waals surface area (Å²) in [5.41, 5.74) is 8.49. The first-order chi connectivity index (χ1) is 17.5. The van der Waals surface area contributed by atoms with E-state index >= 15 is 0 Å². The first-order valence-corrected chi connectivity index (χ1v) is 12.2. The number of methoxy groups -OCH3 is 1. The van der Waals surface area contributed by atoms with Crippen LogP contribution in [0.15, 0.2) is 48.8 Å². The van der Waals surface area contributed by atoms with Crippen LogP contribution in [0.4, 0.5) is 0 Å². The number of ether oxygens (including phenoxy) is 1. The van der Waals surface area contributed by atoms with Crippen LogP contribution in [0.5, 0.6) is 5.75 Å². The summed E-state index contributed by atoms with van der Waals surface area (Å²) >= 11 is 0. The summed E-state index contributed by atoms with van der Waals surface area (Å²) in [6.07, 6.45) is 4.71. The molecule has 2 aromatic heterocycles. The van der Waals surface area contributed by atoms with Crippen molar-refractivity contribution in [2.45, 2.75) is 13.0 Å². The van der Waals surface area contributed by atoms with Gasteiger partial charge in [0.2, 0.25) is 0 Å². The molecule has 2 aromatic carbocycles. The van der Waals surface area contributed by atoms with Gasteiger partial charge >= 0.3 is 0 Å². The topological polar surface area (TPSA) is 86.4 Å². The van der Waals surface area contributed by atoms with E-state index in [1.165, 1.54) is 11.1 Å². The second-order valence-electron chi connectivity index (χ2n) is 9.38. The van der Waals surface area contributed by atoms with E-state index in [1.807, 2.05) is 43.7 Å². The Morgan fingerprint density at radius 1 is 1.19 bits per heavy atom. The molecule has 4 aromatic rings. The van der Waals surface area contributed by atoms with Gasteiger partial charge in [0.15, 0.2) is 5.65 Å². The SMILES string of the molecule is CNCCN1CCc2cc(-c3cnc4[nH]cc(-c5ccc(C(=O)N(C)C)cc5)c4n3)cc(OC)c2C1. The number of hydrogen-bond acceptors (Lipinski definition) is 6. The van der Waals surface area contributed by atoms with Gasteiger partial charge in [0.05, 0.1) is 19.0 Å². The Morgan fingerprint density at radius 3 is 2.72 bits per heavy atom. The van der Waals surface area contributed by atoms with Gasteiger partial charge in [-0.2, -0.15) is 0 Å². The van der Waals surface area contributed by atoms with E-state index in [9.17, 15) is 4.79 Å². The highest BCUT2D eigenvalue weighted by atomic mass is 16.5. The maximum Gasteiger partial charge on any atom is 0.253 e. The normalized spacial score (nSPS) is 13.6. The molecule has 5 rings (SSSR count). The zero-order valence-electron chi connectivity index (χ0n) is 21.3. The molecule has 36 heavy (non-hydrogen) atoms. The van der Waals surface area contributed by atoms with Crippen molar-refractivity contribution in [2.75, 3.05) is 47.9 Å². The third-order valence-electron chi connectivity index (χ3n) is 6.80. The zero-order valence-corrected chi connectivity index (χ0v) is 21.3. The summed E-state index contributed by atoms with van der Waals surface area (Å²) in [5.74, 6) is 0.878. The number of carbonyl (C=O) groups is 1. The fourth-order valence-electron chi connectivity index (χ4n) is 4.78. The van der Waals surface area contributed by atoms with Crippen molar-refractivity contribution >= 4 is 17.1 Å². The Hall–Kier alpha value is -3.75. The van der Waals surface area contributed by atoms with Crippen LogP contribution in [0, 0.1) is 0 Å². The Labute approximate surface area is 211 Å². The number of amides is 1. The fourth-order valence-corrected chi connectivity index (χ4v) is 4.78. The molecule has 0 spiro atoms. The highest BCUT2D eigenvalue weighted by Gasteiger charge is 2.21. The molecule has 0 saturated heterocycles. The molecular formula is C28H32N6O2. The van der Waals surface area contributed by atoms with Gasteiger partial charge in [-0.3, -0.25) is 9.69 Å². The Kier molecular flexibility index (Phi) is 6.71. The minimum atomic E-state index is -0.0194. The third kappa shape index (κ3) is 4.57. The number of aromatic nitrogens is 3. The Balaban J connectivity index is 1.49. The number of aromatic amines is 1. The summed E-state index contributed by atoms with van der Waals surface area (Å²) in [6.45, 7) is 3.91. The minimum absolute atomic E-state index is 0.0194. The lowest BCUT2D eigenvalue weighted by atomic mass is 9.95. The number of carbonyl (C=O) groups excluding carboxylic acids is 1. The first-order valence-electron chi connectivity index (χ1n) is 12.2. The lowest BCUT2D eigenvalue weighted by Crippen LogP contribution is -2.35. The molecule has 0 saturated carbocycles. The van der Waals surface area contributed by atoms with Gasteiger partial charge in [-0.25, -0.2) is 9.97 Å². The molecule has 1 aliphatic heterocycles. The van der Waals surface area contributed by atoms with Crippen molar-refractivity contribution in [1.29, 1.82) is 0 Å². The van der Waals surface area contributed by atoms with Gasteiger partial charge in [-0.15, -0.1) is 0 Å². The minimum Gasteiger partial charge on any atom is -0.496 e. The van der Waals surface area contributed by atoms with Gasteiger partial charge < -0.3 is 19.9 Å². The molecule has 0 atom stereocenters. The average Bonchev–Trinajstić information content (AvgIpc) is 3.34. The predicted octanol–water partition coefficient (Wildman–Crippen LogP) is 3.58. The van der Waals surface area contributed by atoms with Crippen molar-refractivity contribution in [3.05, 3.63) is 65.5 Å². The Bertz CT molecular complexity index is 1380. The largest absolute Gasteiger partial charge is 0.496 e. The van der Waals surface area contributed by atoms with Crippen molar-refractivity contribution in [1.82, 2.24) is 30.1 Å². The summed E-state index contributed by atoms with van der Waals surface area (Å²) in [6, 6.07) is 11.9. The van der Waals surface area contributed by atoms with Crippen LogP contribution in [0.2, 0.25) is 0 Å². The number of nitrogens with zero attached hydrogens (tertiary/aromatic N) is 4.